The lowest BCUT2D eigenvalue weighted by molar-refractivity contribution is -0.129. The fourth-order valence-corrected chi connectivity index (χ4v) is 3.48. The molecule has 4 nitrogen and oxygen atoms in total. The van der Waals surface area contributed by atoms with E-state index in [1.165, 1.54) is 16.7 Å². The number of rotatable bonds is 5. The van der Waals surface area contributed by atoms with Crippen LogP contribution >= 0.6 is 0 Å². The van der Waals surface area contributed by atoms with Crippen molar-refractivity contribution >= 4 is 5.91 Å². The first-order valence-corrected chi connectivity index (χ1v) is 8.60. The van der Waals surface area contributed by atoms with Crippen LogP contribution in [0.3, 0.4) is 0 Å². The summed E-state index contributed by atoms with van der Waals surface area (Å²) >= 11 is 0. The van der Waals surface area contributed by atoms with Gasteiger partial charge in [0.1, 0.15) is 5.75 Å². The van der Waals surface area contributed by atoms with Crippen LogP contribution in [0.4, 0.5) is 0 Å². The Balaban J connectivity index is 1.33. The maximum Gasteiger partial charge on any atom is 0.240 e. The quantitative estimate of drug-likeness (QED) is 0.920. The van der Waals surface area contributed by atoms with E-state index in [-0.39, 0.29) is 11.9 Å². The molecule has 4 rings (SSSR count). The Hall–Kier alpha value is -2.33. The zero-order valence-electron chi connectivity index (χ0n) is 13.7. The van der Waals surface area contributed by atoms with Crippen LogP contribution in [0.1, 0.15) is 23.1 Å². The zero-order chi connectivity index (χ0) is 16.4. The minimum Gasteiger partial charge on any atom is -0.493 e. The van der Waals surface area contributed by atoms with Crippen molar-refractivity contribution in [1.29, 1.82) is 0 Å². The number of nitrogens with one attached hydrogen (secondary N) is 1. The largest absolute Gasteiger partial charge is 0.493 e. The fraction of sp³-hybridized carbons (Fsp3) is 0.350. The third-order valence-corrected chi connectivity index (χ3v) is 4.82. The van der Waals surface area contributed by atoms with E-state index >= 15 is 0 Å². The van der Waals surface area contributed by atoms with Crippen molar-refractivity contribution in [3.8, 4) is 5.75 Å². The summed E-state index contributed by atoms with van der Waals surface area (Å²) < 4.78 is 5.54. The standard InChI is InChI=1S/C20H22N2O2/c23-20-18(8-10-22(20)14-15-4-2-1-3-5-15)21-13-16-6-7-19-17(12-16)9-11-24-19/h1-7,12,18,21H,8-11,13-14H2/t18-/m1/s1. The summed E-state index contributed by atoms with van der Waals surface area (Å²) in [5.74, 6) is 1.22. The van der Waals surface area contributed by atoms with Crippen molar-refractivity contribution < 1.29 is 9.53 Å². The molecular weight excluding hydrogens is 300 g/mol. The topological polar surface area (TPSA) is 41.6 Å². The number of ether oxygens (including phenoxy) is 1. The Kier molecular flexibility index (Phi) is 4.22. The number of hydrogen-bond acceptors (Lipinski definition) is 3. The van der Waals surface area contributed by atoms with E-state index < -0.39 is 0 Å². The van der Waals surface area contributed by atoms with Gasteiger partial charge in [0, 0.05) is 26.1 Å². The molecule has 2 aromatic rings. The lowest BCUT2D eigenvalue weighted by Crippen LogP contribution is -2.37. The molecule has 0 aromatic heterocycles. The minimum absolute atomic E-state index is 0.0711. The van der Waals surface area contributed by atoms with Gasteiger partial charge in [-0.1, -0.05) is 42.5 Å². The molecule has 1 fully saturated rings. The van der Waals surface area contributed by atoms with Gasteiger partial charge in [0.15, 0.2) is 0 Å². The highest BCUT2D eigenvalue weighted by atomic mass is 16.5. The fourth-order valence-electron chi connectivity index (χ4n) is 3.48. The first-order chi connectivity index (χ1) is 11.8. The second kappa shape index (κ2) is 6.65. The zero-order valence-corrected chi connectivity index (χ0v) is 13.7. The molecule has 0 saturated carbocycles. The normalized spacial score (nSPS) is 19.4. The highest BCUT2D eigenvalue weighted by molar-refractivity contribution is 5.83. The molecule has 124 valence electrons. The van der Waals surface area contributed by atoms with E-state index in [0.29, 0.717) is 6.54 Å². The second-order valence-corrected chi connectivity index (χ2v) is 6.51. The number of carbonyl (C=O) groups excluding carboxylic acids is 1. The van der Waals surface area contributed by atoms with Crippen molar-refractivity contribution in [2.45, 2.75) is 32.0 Å². The van der Waals surface area contributed by atoms with Crippen molar-refractivity contribution in [3.63, 3.8) is 0 Å². The number of benzene rings is 2. The average Bonchev–Trinajstić information content (AvgIpc) is 3.21. The van der Waals surface area contributed by atoms with Gasteiger partial charge in [-0.3, -0.25) is 4.79 Å². The SMILES string of the molecule is O=C1[C@H](NCc2ccc3c(c2)CCO3)CCN1Cc1ccccc1. The van der Waals surface area contributed by atoms with Gasteiger partial charge in [0.05, 0.1) is 12.6 Å². The third kappa shape index (κ3) is 3.15. The third-order valence-electron chi connectivity index (χ3n) is 4.82. The van der Waals surface area contributed by atoms with E-state index in [1.54, 1.807) is 0 Å². The van der Waals surface area contributed by atoms with Gasteiger partial charge in [-0.2, -0.15) is 0 Å². The van der Waals surface area contributed by atoms with Gasteiger partial charge < -0.3 is 15.0 Å². The van der Waals surface area contributed by atoms with Crippen LogP contribution in [-0.2, 0) is 24.3 Å². The van der Waals surface area contributed by atoms with Crippen molar-refractivity contribution in [2.24, 2.45) is 0 Å². The summed E-state index contributed by atoms with van der Waals surface area (Å²) in [6.45, 7) is 3.03. The Bertz CT molecular complexity index is 730. The van der Waals surface area contributed by atoms with Gasteiger partial charge in [0.25, 0.3) is 0 Å². The van der Waals surface area contributed by atoms with Gasteiger partial charge in [0.2, 0.25) is 5.91 Å². The van der Waals surface area contributed by atoms with E-state index in [0.717, 1.165) is 38.3 Å². The molecular formula is C20H22N2O2. The van der Waals surface area contributed by atoms with Crippen molar-refractivity contribution in [2.75, 3.05) is 13.2 Å². The Labute approximate surface area is 142 Å². The summed E-state index contributed by atoms with van der Waals surface area (Å²) in [5, 5.41) is 3.42. The number of carbonyl (C=O) groups is 1. The van der Waals surface area contributed by atoms with Crippen LogP contribution in [-0.4, -0.2) is 30.0 Å². The first kappa shape index (κ1) is 15.2. The number of hydrogen-bond donors (Lipinski definition) is 1. The molecule has 1 atom stereocenters. The molecule has 24 heavy (non-hydrogen) atoms. The lowest BCUT2D eigenvalue weighted by Gasteiger charge is -2.17. The molecule has 2 aliphatic heterocycles. The monoisotopic (exact) mass is 322 g/mol. The van der Waals surface area contributed by atoms with Crippen LogP contribution in [0.2, 0.25) is 0 Å². The van der Waals surface area contributed by atoms with Crippen molar-refractivity contribution in [3.05, 3.63) is 65.2 Å². The maximum absolute atomic E-state index is 12.6. The smallest absolute Gasteiger partial charge is 0.240 e. The van der Waals surface area contributed by atoms with E-state index in [2.05, 4.69) is 29.6 Å². The molecule has 0 unspecified atom stereocenters. The van der Waals surface area contributed by atoms with Gasteiger partial charge in [-0.15, -0.1) is 0 Å². The van der Waals surface area contributed by atoms with Gasteiger partial charge in [-0.05, 0) is 29.2 Å². The lowest BCUT2D eigenvalue weighted by atomic mass is 10.1. The Morgan fingerprint density at radius 1 is 1.12 bits per heavy atom. The number of amides is 1. The minimum atomic E-state index is -0.0711. The molecule has 2 aliphatic rings. The number of nitrogens with zero attached hydrogens (tertiary/aromatic N) is 1. The summed E-state index contributed by atoms with van der Waals surface area (Å²) in [6.07, 6.45) is 1.86. The number of likely N-dealkylation sites (tertiary alicyclic amines) is 1. The van der Waals surface area contributed by atoms with Crippen LogP contribution < -0.4 is 10.1 Å². The van der Waals surface area contributed by atoms with Gasteiger partial charge in [-0.25, -0.2) is 0 Å². The van der Waals surface area contributed by atoms with E-state index in [4.69, 9.17) is 4.74 Å². The number of fused-ring (bicyclic) bond motifs is 1. The van der Waals surface area contributed by atoms with Crippen LogP contribution in [0.25, 0.3) is 0 Å². The van der Waals surface area contributed by atoms with Crippen molar-refractivity contribution in [1.82, 2.24) is 10.2 Å². The van der Waals surface area contributed by atoms with Crippen LogP contribution in [0.15, 0.2) is 48.5 Å². The molecule has 1 amide bonds. The molecule has 0 aliphatic carbocycles. The predicted molar refractivity (Wildman–Crippen MR) is 92.7 cm³/mol. The molecule has 2 aromatic carbocycles. The summed E-state index contributed by atoms with van der Waals surface area (Å²) in [7, 11) is 0. The molecule has 2 heterocycles. The van der Waals surface area contributed by atoms with E-state index in [1.807, 2.05) is 29.2 Å². The highest BCUT2D eigenvalue weighted by Crippen LogP contribution is 2.26. The summed E-state index contributed by atoms with van der Waals surface area (Å²) in [6, 6.07) is 16.4. The molecule has 0 spiro atoms. The first-order valence-electron chi connectivity index (χ1n) is 8.60. The molecule has 0 radical (unpaired) electrons. The molecule has 1 N–H and O–H groups in total. The van der Waals surface area contributed by atoms with Crippen LogP contribution in [0, 0.1) is 0 Å². The summed E-state index contributed by atoms with van der Waals surface area (Å²) in [5.41, 5.74) is 3.68. The summed E-state index contributed by atoms with van der Waals surface area (Å²) in [4.78, 5) is 14.5. The maximum atomic E-state index is 12.6. The molecule has 4 heteroatoms. The highest BCUT2D eigenvalue weighted by Gasteiger charge is 2.31. The Morgan fingerprint density at radius 3 is 2.88 bits per heavy atom. The van der Waals surface area contributed by atoms with Gasteiger partial charge >= 0.3 is 0 Å². The molecule has 1 saturated heterocycles. The predicted octanol–water partition coefficient (Wildman–Crippen LogP) is 2.51. The molecule has 0 bridgehead atoms. The average molecular weight is 322 g/mol. The Morgan fingerprint density at radius 2 is 2.00 bits per heavy atom. The van der Waals surface area contributed by atoms with Crippen LogP contribution in [0.5, 0.6) is 5.75 Å². The second-order valence-electron chi connectivity index (χ2n) is 6.51. The van der Waals surface area contributed by atoms with E-state index in [9.17, 15) is 4.79 Å².